The molecule has 3 saturated heterocycles. The highest BCUT2D eigenvalue weighted by atomic mass is 16.6. The maximum atomic E-state index is 14.0. The number of carbonyl (C=O) groups is 3. The lowest BCUT2D eigenvalue weighted by molar-refractivity contribution is -0.385. The van der Waals surface area contributed by atoms with Gasteiger partial charge >= 0.3 is 0 Å². The quantitative estimate of drug-likeness (QED) is 0.419. The van der Waals surface area contributed by atoms with E-state index in [9.17, 15) is 24.5 Å². The number of aryl methyl sites for hydroxylation is 2. The molecule has 0 radical (unpaired) electrons. The molecule has 0 saturated carbocycles. The molecule has 2 aromatic carbocycles. The number of imide groups is 1. The fraction of sp³-hybridized carbons (Fsp3) is 0.400. The minimum Gasteiger partial charge on any atom is -0.324 e. The molecule has 9 nitrogen and oxygen atoms in total. The fourth-order valence-corrected chi connectivity index (χ4v) is 6.71. The lowest BCUT2D eigenvalue weighted by Gasteiger charge is -2.36. The Labute approximate surface area is 195 Å². The number of benzene rings is 2. The summed E-state index contributed by atoms with van der Waals surface area (Å²) >= 11 is 0. The minimum absolute atomic E-state index is 0.151. The molecule has 4 aliphatic rings. The molecule has 4 aliphatic heterocycles. The molecule has 3 amide bonds. The Kier molecular flexibility index (Phi) is 4.15. The normalized spacial score (nSPS) is 29.6. The SMILES string of the molecule is Cc1ccc(N2C(=O)[C@H]3[C@@H](C2=O)[C@]2(C(=O)Nc4c2ccc(C)c4C)N2CCC[C@@H]32)cc1[N+](=O)[O-]. The molecule has 6 rings (SSSR count). The maximum Gasteiger partial charge on any atom is 0.274 e. The van der Waals surface area contributed by atoms with Gasteiger partial charge in [-0.2, -0.15) is 0 Å². The van der Waals surface area contributed by atoms with Crippen molar-refractivity contribution in [1.29, 1.82) is 0 Å². The van der Waals surface area contributed by atoms with Crippen LogP contribution in [0.2, 0.25) is 0 Å². The molecule has 0 aromatic heterocycles. The van der Waals surface area contributed by atoms with Gasteiger partial charge in [0.1, 0.15) is 5.54 Å². The summed E-state index contributed by atoms with van der Waals surface area (Å²) in [5.41, 5.74) is 2.68. The fourth-order valence-electron chi connectivity index (χ4n) is 6.71. The first-order valence-electron chi connectivity index (χ1n) is 11.5. The Balaban J connectivity index is 1.54. The average molecular weight is 460 g/mol. The smallest absolute Gasteiger partial charge is 0.274 e. The first-order chi connectivity index (χ1) is 16.2. The molecule has 174 valence electrons. The lowest BCUT2D eigenvalue weighted by Crippen LogP contribution is -2.54. The standard InChI is InChI=1S/C25H24N4O5/c1-12-7-9-16-21(14(12)3)26-24(32)25(16)20-19(17-5-4-10-27(17)25)22(30)28(23(20)31)15-8-6-13(2)18(11-15)29(33)34/h6-9,11,17,19-20H,4-5,10H2,1-3H3,(H,26,32)/t17-,19+,20-,25+/m0/s1. The predicted molar refractivity (Wildman–Crippen MR) is 123 cm³/mol. The Morgan fingerprint density at radius 3 is 2.53 bits per heavy atom. The summed E-state index contributed by atoms with van der Waals surface area (Å²) in [6.07, 6.45) is 1.55. The van der Waals surface area contributed by atoms with Crippen LogP contribution >= 0.6 is 0 Å². The van der Waals surface area contributed by atoms with E-state index < -0.39 is 28.2 Å². The lowest BCUT2D eigenvalue weighted by atomic mass is 9.75. The number of nitrogens with one attached hydrogen (secondary N) is 1. The number of hydrogen-bond acceptors (Lipinski definition) is 6. The first-order valence-corrected chi connectivity index (χ1v) is 11.5. The molecule has 0 bridgehead atoms. The Morgan fingerprint density at radius 1 is 1.06 bits per heavy atom. The van der Waals surface area contributed by atoms with Crippen molar-refractivity contribution in [3.05, 3.63) is 62.7 Å². The molecule has 1 N–H and O–H groups in total. The largest absolute Gasteiger partial charge is 0.324 e. The number of nitro groups is 1. The van der Waals surface area contributed by atoms with Gasteiger partial charge in [0.05, 0.1) is 22.4 Å². The number of anilines is 2. The van der Waals surface area contributed by atoms with Gasteiger partial charge < -0.3 is 5.32 Å². The van der Waals surface area contributed by atoms with E-state index in [-0.39, 0.29) is 29.2 Å². The number of rotatable bonds is 2. The zero-order valence-electron chi connectivity index (χ0n) is 19.1. The van der Waals surface area contributed by atoms with Crippen LogP contribution in [0.5, 0.6) is 0 Å². The van der Waals surface area contributed by atoms with Crippen molar-refractivity contribution in [2.75, 3.05) is 16.8 Å². The van der Waals surface area contributed by atoms with E-state index >= 15 is 0 Å². The van der Waals surface area contributed by atoms with Crippen LogP contribution in [0.15, 0.2) is 30.3 Å². The molecule has 9 heteroatoms. The molecule has 1 spiro atoms. The maximum absolute atomic E-state index is 14.0. The van der Waals surface area contributed by atoms with Crippen LogP contribution in [0.1, 0.15) is 35.1 Å². The average Bonchev–Trinajstić information content (AvgIpc) is 3.50. The van der Waals surface area contributed by atoms with E-state index in [0.29, 0.717) is 12.1 Å². The van der Waals surface area contributed by atoms with Crippen LogP contribution in [-0.4, -0.2) is 40.1 Å². The number of amides is 3. The van der Waals surface area contributed by atoms with E-state index in [4.69, 9.17) is 0 Å². The Bertz CT molecular complexity index is 1340. The van der Waals surface area contributed by atoms with Gasteiger partial charge in [-0.05, 0) is 57.4 Å². The second-order valence-electron chi connectivity index (χ2n) is 9.80. The van der Waals surface area contributed by atoms with E-state index in [1.165, 1.54) is 6.07 Å². The highest BCUT2D eigenvalue weighted by Gasteiger charge is 2.74. The summed E-state index contributed by atoms with van der Waals surface area (Å²) in [5.74, 6) is -2.67. The van der Waals surface area contributed by atoms with Crippen molar-refractivity contribution in [2.24, 2.45) is 11.8 Å². The van der Waals surface area contributed by atoms with Gasteiger partial charge in [-0.15, -0.1) is 0 Å². The highest BCUT2D eigenvalue weighted by Crippen LogP contribution is 2.61. The van der Waals surface area contributed by atoms with Gasteiger partial charge in [0.25, 0.3) is 5.69 Å². The summed E-state index contributed by atoms with van der Waals surface area (Å²) in [4.78, 5) is 55.6. The van der Waals surface area contributed by atoms with E-state index in [0.717, 1.165) is 40.1 Å². The van der Waals surface area contributed by atoms with Gasteiger partial charge in [0, 0.05) is 28.9 Å². The second-order valence-corrected chi connectivity index (χ2v) is 9.80. The molecule has 4 heterocycles. The molecule has 4 atom stereocenters. The summed E-state index contributed by atoms with van der Waals surface area (Å²) in [5, 5.41) is 14.5. The number of carbonyl (C=O) groups excluding carboxylic acids is 3. The van der Waals surface area contributed by atoms with Crippen molar-refractivity contribution >= 4 is 34.8 Å². The molecular weight excluding hydrogens is 436 g/mol. The predicted octanol–water partition coefficient (Wildman–Crippen LogP) is 2.95. The monoisotopic (exact) mass is 460 g/mol. The van der Waals surface area contributed by atoms with Crippen LogP contribution < -0.4 is 10.2 Å². The summed E-state index contributed by atoms with van der Waals surface area (Å²) in [6, 6.07) is 8.02. The molecule has 0 unspecified atom stereocenters. The zero-order chi connectivity index (χ0) is 24.1. The van der Waals surface area contributed by atoms with Gasteiger partial charge in [0.2, 0.25) is 17.7 Å². The topological polar surface area (TPSA) is 113 Å². The van der Waals surface area contributed by atoms with E-state index in [2.05, 4.69) is 10.2 Å². The number of fused-ring (bicyclic) bond motifs is 7. The Hall–Kier alpha value is -3.59. The van der Waals surface area contributed by atoms with Gasteiger partial charge in [0.15, 0.2) is 0 Å². The second kappa shape index (κ2) is 6.73. The Morgan fingerprint density at radius 2 is 1.79 bits per heavy atom. The van der Waals surface area contributed by atoms with Crippen LogP contribution in [0.25, 0.3) is 0 Å². The summed E-state index contributed by atoms with van der Waals surface area (Å²) in [6.45, 7) is 6.16. The third kappa shape index (κ3) is 2.30. The van der Waals surface area contributed by atoms with Crippen molar-refractivity contribution in [2.45, 2.75) is 45.2 Å². The molecule has 3 fully saturated rings. The third-order valence-electron chi connectivity index (χ3n) is 8.35. The zero-order valence-corrected chi connectivity index (χ0v) is 19.1. The molecule has 0 aliphatic carbocycles. The van der Waals surface area contributed by atoms with Crippen molar-refractivity contribution in [1.82, 2.24) is 4.90 Å². The highest BCUT2D eigenvalue weighted by molar-refractivity contribution is 6.26. The van der Waals surface area contributed by atoms with Crippen LogP contribution in [0, 0.1) is 42.7 Å². The van der Waals surface area contributed by atoms with Crippen molar-refractivity contribution < 1.29 is 19.3 Å². The first kappa shape index (κ1) is 21.0. The van der Waals surface area contributed by atoms with Crippen molar-refractivity contribution in [3.8, 4) is 0 Å². The number of nitrogens with zero attached hydrogens (tertiary/aromatic N) is 3. The summed E-state index contributed by atoms with van der Waals surface area (Å²) < 4.78 is 0. The van der Waals surface area contributed by atoms with Gasteiger partial charge in [-0.25, -0.2) is 4.90 Å². The van der Waals surface area contributed by atoms with Crippen molar-refractivity contribution in [3.63, 3.8) is 0 Å². The van der Waals surface area contributed by atoms with Crippen LogP contribution in [0.4, 0.5) is 17.1 Å². The van der Waals surface area contributed by atoms with Gasteiger partial charge in [-0.3, -0.25) is 29.4 Å². The number of hydrogen-bond donors (Lipinski definition) is 1. The molecule has 34 heavy (non-hydrogen) atoms. The molecular formula is C25H24N4O5. The molecule has 2 aromatic rings. The van der Waals surface area contributed by atoms with Crippen LogP contribution in [-0.2, 0) is 19.9 Å². The van der Waals surface area contributed by atoms with E-state index in [1.54, 1.807) is 19.1 Å². The van der Waals surface area contributed by atoms with Crippen LogP contribution in [0.3, 0.4) is 0 Å². The summed E-state index contributed by atoms with van der Waals surface area (Å²) in [7, 11) is 0. The minimum atomic E-state index is -1.25. The van der Waals surface area contributed by atoms with Gasteiger partial charge in [-0.1, -0.05) is 18.2 Å². The number of nitro benzene ring substituents is 1. The third-order valence-corrected chi connectivity index (χ3v) is 8.35. The van der Waals surface area contributed by atoms with E-state index in [1.807, 2.05) is 26.0 Å².